The first-order valence-corrected chi connectivity index (χ1v) is 8.74. The van der Waals surface area contributed by atoms with Gasteiger partial charge in [0.15, 0.2) is 0 Å². The Labute approximate surface area is 122 Å². The first-order chi connectivity index (χ1) is 9.29. The van der Waals surface area contributed by atoms with Gasteiger partial charge in [-0.2, -0.15) is 4.31 Å². The zero-order chi connectivity index (χ0) is 14.9. The molecular formula is C15H24N2O2S. The zero-order valence-corrected chi connectivity index (χ0v) is 13.2. The lowest BCUT2D eigenvalue weighted by Crippen LogP contribution is -2.49. The molecule has 4 nitrogen and oxygen atoms in total. The summed E-state index contributed by atoms with van der Waals surface area (Å²) < 4.78 is 27.0. The maximum Gasteiger partial charge on any atom is 0.218 e. The van der Waals surface area contributed by atoms with Gasteiger partial charge in [-0.25, -0.2) is 8.42 Å². The van der Waals surface area contributed by atoms with E-state index < -0.39 is 10.0 Å². The average molecular weight is 296 g/mol. The predicted molar refractivity (Wildman–Crippen MR) is 82.6 cm³/mol. The number of hydrogen-bond donors (Lipinski definition) is 1. The molecule has 0 aromatic heterocycles. The van der Waals surface area contributed by atoms with E-state index in [4.69, 9.17) is 5.73 Å². The Kier molecular flexibility index (Phi) is 4.39. The van der Waals surface area contributed by atoms with Crippen molar-refractivity contribution in [3.63, 3.8) is 0 Å². The van der Waals surface area contributed by atoms with Crippen LogP contribution in [0.15, 0.2) is 24.3 Å². The van der Waals surface area contributed by atoms with Crippen LogP contribution in [0.5, 0.6) is 0 Å². The van der Waals surface area contributed by atoms with Crippen molar-refractivity contribution >= 4 is 15.7 Å². The quantitative estimate of drug-likeness (QED) is 0.872. The molecule has 0 aliphatic carbocycles. The van der Waals surface area contributed by atoms with Crippen molar-refractivity contribution in [1.29, 1.82) is 0 Å². The van der Waals surface area contributed by atoms with Crippen LogP contribution in [-0.4, -0.2) is 25.3 Å². The van der Waals surface area contributed by atoms with Crippen molar-refractivity contribution in [2.45, 2.75) is 39.0 Å². The molecule has 1 fully saturated rings. The lowest BCUT2D eigenvalue weighted by Gasteiger charge is -2.40. The van der Waals surface area contributed by atoms with Gasteiger partial charge in [0.25, 0.3) is 0 Å². The smallest absolute Gasteiger partial charge is 0.218 e. The molecule has 0 radical (unpaired) electrons. The number of rotatable bonds is 3. The van der Waals surface area contributed by atoms with Crippen LogP contribution in [0.25, 0.3) is 0 Å². The third-order valence-corrected chi connectivity index (χ3v) is 6.12. The summed E-state index contributed by atoms with van der Waals surface area (Å²) in [5.41, 5.74) is 7.07. The van der Waals surface area contributed by atoms with Crippen LogP contribution in [0.3, 0.4) is 0 Å². The Bertz CT molecular complexity index is 554. The highest BCUT2D eigenvalue weighted by Crippen LogP contribution is 2.30. The van der Waals surface area contributed by atoms with Gasteiger partial charge in [0.05, 0.1) is 5.75 Å². The van der Waals surface area contributed by atoms with Gasteiger partial charge in [-0.3, -0.25) is 0 Å². The molecule has 0 amide bonds. The molecule has 0 spiro atoms. The number of nitrogens with zero attached hydrogens (tertiary/aromatic N) is 1. The second kappa shape index (κ2) is 5.74. The molecule has 1 aliphatic rings. The summed E-state index contributed by atoms with van der Waals surface area (Å²) >= 11 is 0. The summed E-state index contributed by atoms with van der Waals surface area (Å²) in [6.45, 7) is 6.89. The Morgan fingerprint density at radius 3 is 2.40 bits per heavy atom. The molecule has 1 heterocycles. The first kappa shape index (κ1) is 15.3. The minimum atomic E-state index is -3.27. The molecule has 5 heteroatoms. The number of sulfonamides is 1. The maximum atomic E-state index is 12.6. The Hall–Kier alpha value is -1.07. The van der Waals surface area contributed by atoms with Crippen LogP contribution >= 0.6 is 0 Å². The summed E-state index contributed by atoms with van der Waals surface area (Å²) in [6, 6.07) is 7.14. The molecular weight excluding hydrogens is 272 g/mol. The van der Waals surface area contributed by atoms with Crippen LogP contribution < -0.4 is 5.73 Å². The van der Waals surface area contributed by atoms with Crippen molar-refractivity contribution < 1.29 is 8.42 Å². The van der Waals surface area contributed by atoms with Gasteiger partial charge in [-0.15, -0.1) is 0 Å². The molecule has 1 aromatic rings. The standard InChI is InChI=1S/C15H24N2O2S/c1-11-8-12(2)13(3)17(9-11)20(18,19)10-14-4-6-15(16)7-5-14/h4-7,11-13H,8-10,16H2,1-3H3. The van der Waals surface area contributed by atoms with E-state index in [1.165, 1.54) is 0 Å². The highest BCUT2D eigenvalue weighted by molar-refractivity contribution is 7.88. The van der Waals surface area contributed by atoms with Crippen molar-refractivity contribution in [1.82, 2.24) is 4.31 Å². The fourth-order valence-corrected chi connectivity index (χ4v) is 4.91. The molecule has 0 saturated carbocycles. The third kappa shape index (κ3) is 3.33. The minimum absolute atomic E-state index is 0.0526. The SMILES string of the molecule is CC1CC(C)C(C)N(S(=O)(=O)Cc2ccc(N)cc2)C1. The lowest BCUT2D eigenvalue weighted by molar-refractivity contribution is 0.157. The van der Waals surface area contributed by atoms with Crippen LogP contribution in [0.4, 0.5) is 5.69 Å². The highest BCUT2D eigenvalue weighted by Gasteiger charge is 2.36. The van der Waals surface area contributed by atoms with E-state index in [0.717, 1.165) is 12.0 Å². The van der Waals surface area contributed by atoms with E-state index in [2.05, 4.69) is 13.8 Å². The normalized spacial score (nSPS) is 28.4. The van der Waals surface area contributed by atoms with Crippen molar-refractivity contribution in [2.75, 3.05) is 12.3 Å². The molecule has 20 heavy (non-hydrogen) atoms. The zero-order valence-electron chi connectivity index (χ0n) is 12.4. The average Bonchev–Trinajstić information content (AvgIpc) is 2.36. The Morgan fingerprint density at radius 1 is 1.20 bits per heavy atom. The van der Waals surface area contributed by atoms with Gasteiger partial charge in [0, 0.05) is 18.3 Å². The van der Waals surface area contributed by atoms with Crippen LogP contribution in [0, 0.1) is 11.8 Å². The maximum absolute atomic E-state index is 12.6. The van der Waals surface area contributed by atoms with Crippen LogP contribution in [0.1, 0.15) is 32.8 Å². The van der Waals surface area contributed by atoms with Gasteiger partial charge < -0.3 is 5.73 Å². The number of piperidine rings is 1. The molecule has 3 atom stereocenters. The van der Waals surface area contributed by atoms with Gasteiger partial charge >= 0.3 is 0 Å². The summed E-state index contributed by atoms with van der Waals surface area (Å²) in [6.07, 6.45) is 1.09. The molecule has 112 valence electrons. The molecule has 1 saturated heterocycles. The Morgan fingerprint density at radius 2 is 1.80 bits per heavy atom. The lowest BCUT2D eigenvalue weighted by atomic mass is 9.88. The monoisotopic (exact) mass is 296 g/mol. The molecule has 1 aromatic carbocycles. The molecule has 2 rings (SSSR count). The van der Waals surface area contributed by atoms with Crippen molar-refractivity contribution in [3.05, 3.63) is 29.8 Å². The van der Waals surface area contributed by atoms with E-state index in [9.17, 15) is 8.42 Å². The number of nitrogen functional groups attached to an aromatic ring is 1. The first-order valence-electron chi connectivity index (χ1n) is 7.13. The number of hydrogen-bond acceptors (Lipinski definition) is 3. The number of anilines is 1. The van der Waals surface area contributed by atoms with Crippen molar-refractivity contribution in [3.8, 4) is 0 Å². The largest absolute Gasteiger partial charge is 0.399 e. The number of nitrogens with two attached hydrogens (primary N) is 1. The summed E-state index contributed by atoms with van der Waals surface area (Å²) in [7, 11) is -3.27. The van der Waals surface area contributed by atoms with Gasteiger partial charge in [-0.1, -0.05) is 26.0 Å². The molecule has 3 unspecified atom stereocenters. The topological polar surface area (TPSA) is 63.4 Å². The minimum Gasteiger partial charge on any atom is -0.399 e. The van der Waals surface area contributed by atoms with Gasteiger partial charge in [0.2, 0.25) is 10.0 Å². The van der Waals surface area contributed by atoms with Crippen LogP contribution in [0.2, 0.25) is 0 Å². The van der Waals surface area contributed by atoms with Gasteiger partial charge in [-0.05, 0) is 42.9 Å². The molecule has 0 bridgehead atoms. The summed E-state index contributed by atoms with van der Waals surface area (Å²) in [4.78, 5) is 0. The third-order valence-electron chi connectivity index (χ3n) is 4.23. The predicted octanol–water partition coefficient (Wildman–Crippen LogP) is 2.47. The second-order valence-electron chi connectivity index (χ2n) is 6.13. The molecule has 2 N–H and O–H groups in total. The number of benzene rings is 1. The fraction of sp³-hybridized carbons (Fsp3) is 0.600. The molecule has 1 aliphatic heterocycles. The van der Waals surface area contributed by atoms with Gasteiger partial charge in [0.1, 0.15) is 0 Å². The van der Waals surface area contributed by atoms with E-state index in [1.807, 2.05) is 6.92 Å². The Balaban J connectivity index is 2.18. The van der Waals surface area contributed by atoms with E-state index >= 15 is 0 Å². The highest BCUT2D eigenvalue weighted by atomic mass is 32.2. The van der Waals surface area contributed by atoms with E-state index in [1.54, 1.807) is 28.6 Å². The van der Waals surface area contributed by atoms with E-state index in [-0.39, 0.29) is 11.8 Å². The fourth-order valence-electron chi connectivity index (χ4n) is 2.94. The summed E-state index contributed by atoms with van der Waals surface area (Å²) in [5, 5.41) is 0. The van der Waals surface area contributed by atoms with Crippen LogP contribution in [-0.2, 0) is 15.8 Å². The second-order valence-corrected chi connectivity index (χ2v) is 8.05. The summed E-state index contributed by atoms with van der Waals surface area (Å²) in [5.74, 6) is 0.874. The van der Waals surface area contributed by atoms with Crippen molar-refractivity contribution in [2.24, 2.45) is 11.8 Å². The van der Waals surface area contributed by atoms with E-state index in [0.29, 0.717) is 24.1 Å².